The predicted octanol–water partition coefficient (Wildman–Crippen LogP) is 0.767. The highest BCUT2D eigenvalue weighted by Gasteiger charge is 2.69. The van der Waals surface area contributed by atoms with Crippen molar-refractivity contribution in [3.63, 3.8) is 0 Å². The van der Waals surface area contributed by atoms with Crippen LogP contribution in [0, 0.1) is 23.2 Å². The minimum absolute atomic E-state index is 0.0320. The number of carbonyl (C=O) groups is 4. The van der Waals surface area contributed by atoms with E-state index >= 15 is 0 Å². The number of aldehydes is 1. The van der Waals surface area contributed by atoms with Crippen molar-refractivity contribution in [3.8, 4) is 11.5 Å². The Kier molecular flexibility index (Phi) is 6.32. The van der Waals surface area contributed by atoms with Crippen LogP contribution in [-0.2, 0) is 19.2 Å². The van der Waals surface area contributed by atoms with Crippen LogP contribution in [0.3, 0.4) is 0 Å². The molecule has 9 nitrogen and oxygen atoms in total. The van der Waals surface area contributed by atoms with Crippen LogP contribution >= 0.6 is 0 Å². The number of nitrogens with one attached hydrogen (secondary N) is 2. The molecule has 1 aromatic rings. The predicted molar refractivity (Wildman–Crippen MR) is 118 cm³/mol. The fraction of sp³-hybridized carbons (Fsp3) is 0.583. The van der Waals surface area contributed by atoms with Crippen LogP contribution in [-0.4, -0.2) is 67.8 Å². The van der Waals surface area contributed by atoms with Gasteiger partial charge in [-0.15, -0.1) is 0 Å². The van der Waals surface area contributed by atoms with Crippen molar-refractivity contribution in [2.45, 2.75) is 38.8 Å². The van der Waals surface area contributed by atoms with Crippen molar-refractivity contribution in [3.05, 3.63) is 24.3 Å². The second-order valence-electron chi connectivity index (χ2n) is 9.67. The summed E-state index contributed by atoms with van der Waals surface area (Å²) >= 11 is 0. The fourth-order valence-corrected chi connectivity index (χ4v) is 5.34. The van der Waals surface area contributed by atoms with Gasteiger partial charge in [0.1, 0.15) is 23.8 Å². The van der Waals surface area contributed by atoms with E-state index in [0.717, 1.165) is 0 Å². The molecule has 1 aliphatic carbocycles. The number of methoxy groups -OCH3 is 1. The second-order valence-corrected chi connectivity index (χ2v) is 9.67. The van der Waals surface area contributed by atoms with Gasteiger partial charge in [0.25, 0.3) is 5.91 Å². The number of likely N-dealkylation sites (tertiary alicyclic amines) is 1. The van der Waals surface area contributed by atoms with Crippen LogP contribution in [0.4, 0.5) is 0 Å². The highest BCUT2D eigenvalue weighted by Crippen LogP contribution is 2.64. The Bertz CT molecular complexity index is 931. The van der Waals surface area contributed by atoms with Crippen LogP contribution in [0.2, 0.25) is 0 Å². The summed E-state index contributed by atoms with van der Waals surface area (Å²) in [6, 6.07) is 5.50. The summed E-state index contributed by atoms with van der Waals surface area (Å²) in [5, 5.41) is 5.53. The molecule has 178 valence electrons. The summed E-state index contributed by atoms with van der Waals surface area (Å²) in [6.07, 6.45) is 1.58. The van der Waals surface area contributed by atoms with E-state index in [0.29, 0.717) is 37.3 Å². The van der Waals surface area contributed by atoms with E-state index in [1.807, 2.05) is 0 Å². The van der Waals surface area contributed by atoms with Crippen LogP contribution < -0.4 is 20.1 Å². The molecule has 3 amide bonds. The van der Waals surface area contributed by atoms with Crippen LogP contribution in [0.5, 0.6) is 11.5 Å². The molecule has 1 unspecified atom stereocenters. The molecule has 4 rings (SSSR count). The first-order valence-corrected chi connectivity index (χ1v) is 11.4. The van der Waals surface area contributed by atoms with Crippen LogP contribution in [0.25, 0.3) is 0 Å². The number of fused-ring (bicyclic) bond motifs is 1. The maximum Gasteiger partial charge on any atom is 0.261 e. The highest BCUT2D eigenvalue weighted by molar-refractivity contribution is 5.91. The molecule has 33 heavy (non-hydrogen) atoms. The lowest BCUT2D eigenvalue weighted by Gasteiger charge is -2.31. The Labute approximate surface area is 193 Å². The zero-order chi connectivity index (χ0) is 23.8. The molecule has 5 atom stereocenters. The molecule has 3 fully saturated rings. The van der Waals surface area contributed by atoms with E-state index in [1.54, 1.807) is 36.3 Å². The van der Waals surface area contributed by atoms with E-state index < -0.39 is 12.1 Å². The number of amides is 3. The van der Waals surface area contributed by atoms with Gasteiger partial charge in [-0.1, -0.05) is 13.8 Å². The number of nitrogens with zero attached hydrogens (tertiary/aromatic N) is 1. The number of carbonyl (C=O) groups excluding carboxylic acids is 4. The molecule has 2 heterocycles. The Hall–Kier alpha value is -3.10. The van der Waals surface area contributed by atoms with Crippen molar-refractivity contribution in [2.24, 2.45) is 23.2 Å². The minimum Gasteiger partial charge on any atom is -0.497 e. The normalized spacial score (nSPS) is 27.8. The molecule has 0 aromatic heterocycles. The SMILES string of the molecule is COc1ccc(OCC(=O)N2C[C@H]3[C@@H](C2C(=O)N[C@H](C=O)C[C@@H]2CCNC2=O)C3(C)C)cc1. The number of ether oxygens (including phenoxy) is 2. The van der Waals surface area contributed by atoms with Gasteiger partial charge < -0.3 is 29.8 Å². The van der Waals surface area contributed by atoms with Gasteiger partial charge in [0, 0.05) is 19.0 Å². The molecule has 1 aromatic carbocycles. The van der Waals surface area contributed by atoms with Crippen LogP contribution in [0.15, 0.2) is 24.3 Å². The van der Waals surface area contributed by atoms with Gasteiger partial charge >= 0.3 is 0 Å². The minimum atomic E-state index is -0.764. The lowest BCUT2D eigenvalue weighted by atomic mass is 9.97. The van der Waals surface area contributed by atoms with Crippen molar-refractivity contribution in [1.82, 2.24) is 15.5 Å². The molecular formula is C24H31N3O6. The Balaban J connectivity index is 1.40. The first kappa shape index (κ1) is 23.1. The van der Waals surface area contributed by atoms with Gasteiger partial charge in [0.15, 0.2) is 6.61 Å². The van der Waals surface area contributed by atoms with Crippen LogP contribution in [0.1, 0.15) is 26.7 Å². The maximum absolute atomic E-state index is 13.2. The topological polar surface area (TPSA) is 114 Å². The van der Waals surface area contributed by atoms with Crippen molar-refractivity contribution in [1.29, 1.82) is 0 Å². The van der Waals surface area contributed by atoms with Crippen molar-refractivity contribution in [2.75, 3.05) is 26.8 Å². The number of piperidine rings is 1. The zero-order valence-corrected chi connectivity index (χ0v) is 19.2. The van der Waals surface area contributed by atoms with Gasteiger partial charge in [0.2, 0.25) is 11.8 Å². The molecule has 3 aliphatic rings. The average molecular weight is 458 g/mol. The standard InChI is InChI=1S/C24H31N3O6/c1-24(2)18-11-27(19(29)13-33-17-6-4-16(32-3)5-7-17)21(20(18)24)23(31)26-15(12-28)10-14-8-9-25-22(14)30/h4-7,12,14-15,18,20-21H,8-11,13H2,1-3H3,(H,25,30)(H,26,31)/t14-,15-,18-,20-,21?/m0/s1. The lowest BCUT2D eigenvalue weighted by molar-refractivity contribution is -0.142. The molecule has 9 heteroatoms. The average Bonchev–Trinajstić information content (AvgIpc) is 3.16. The van der Waals surface area contributed by atoms with E-state index in [2.05, 4.69) is 24.5 Å². The van der Waals surface area contributed by atoms with E-state index in [9.17, 15) is 19.2 Å². The molecule has 2 N–H and O–H groups in total. The largest absolute Gasteiger partial charge is 0.497 e. The number of benzene rings is 1. The first-order valence-electron chi connectivity index (χ1n) is 11.4. The summed E-state index contributed by atoms with van der Waals surface area (Å²) in [7, 11) is 1.57. The highest BCUT2D eigenvalue weighted by atomic mass is 16.5. The molecule has 0 spiro atoms. The van der Waals surface area contributed by atoms with Crippen molar-refractivity contribution >= 4 is 24.0 Å². The quantitative estimate of drug-likeness (QED) is 0.530. The molecule has 2 saturated heterocycles. The van der Waals surface area contributed by atoms with Gasteiger partial charge in [-0.25, -0.2) is 0 Å². The third-order valence-corrected chi connectivity index (χ3v) is 7.41. The summed E-state index contributed by atoms with van der Waals surface area (Å²) < 4.78 is 10.8. The maximum atomic E-state index is 13.2. The number of rotatable bonds is 9. The van der Waals surface area contributed by atoms with Gasteiger partial charge in [-0.3, -0.25) is 14.4 Å². The molecule has 0 bridgehead atoms. The lowest BCUT2D eigenvalue weighted by Crippen LogP contribution is -2.53. The first-order chi connectivity index (χ1) is 15.8. The smallest absolute Gasteiger partial charge is 0.261 e. The van der Waals surface area contributed by atoms with Gasteiger partial charge in [0.05, 0.1) is 13.2 Å². The third-order valence-electron chi connectivity index (χ3n) is 7.41. The fourth-order valence-electron chi connectivity index (χ4n) is 5.34. The molecule has 0 radical (unpaired) electrons. The van der Waals surface area contributed by atoms with E-state index in [4.69, 9.17) is 9.47 Å². The number of hydrogen-bond acceptors (Lipinski definition) is 6. The molecular weight excluding hydrogens is 426 g/mol. The summed E-state index contributed by atoms with van der Waals surface area (Å²) in [5.41, 5.74) is -0.0440. The zero-order valence-electron chi connectivity index (χ0n) is 19.2. The number of hydrogen-bond donors (Lipinski definition) is 2. The Morgan fingerprint density at radius 1 is 1.27 bits per heavy atom. The van der Waals surface area contributed by atoms with E-state index in [-0.39, 0.29) is 53.9 Å². The summed E-state index contributed by atoms with van der Waals surface area (Å²) in [6.45, 7) is 5.07. The second kappa shape index (κ2) is 9.03. The third kappa shape index (κ3) is 4.54. The van der Waals surface area contributed by atoms with Crippen molar-refractivity contribution < 1.29 is 28.7 Å². The van der Waals surface area contributed by atoms with Gasteiger partial charge in [-0.2, -0.15) is 0 Å². The summed E-state index contributed by atoms with van der Waals surface area (Å²) in [5.74, 6) is 0.488. The summed E-state index contributed by atoms with van der Waals surface area (Å²) in [4.78, 5) is 51.3. The Morgan fingerprint density at radius 2 is 1.97 bits per heavy atom. The van der Waals surface area contributed by atoms with E-state index in [1.165, 1.54) is 0 Å². The monoisotopic (exact) mass is 457 g/mol. The van der Waals surface area contributed by atoms with Gasteiger partial charge in [-0.05, 0) is 54.4 Å². The Morgan fingerprint density at radius 3 is 2.58 bits per heavy atom. The molecule has 1 saturated carbocycles. The molecule has 2 aliphatic heterocycles.